The van der Waals surface area contributed by atoms with Crippen molar-refractivity contribution < 1.29 is 4.39 Å². The van der Waals surface area contributed by atoms with E-state index in [-0.39, 0.29) is 0 Å². The summed E-state index contributed by atoms with van der Waals surface area (Å²) in [6.07, 6.45) is 5.94. The molecule has 0 radical (unpaired) electrons. The molecule has 4 heteroatoms. The topological polar surface area (TPSA) is 25.2 Å². The van der Waals surface area contributed by atoms with E-state index in [9.17, 15) is 4.39 Å². The molecule has 17 heavy (non-hydrogen) atoms. The van der Waals surface area contributed by atoms with E-state index in [1.165, 1.54) is 0 Å². The summed E-state index contributed by atoms with van der Waals surface area (Å²) in [5.74, 6) is 0. The first-order valence-electron chi connectivity index (χ1n) is 6.05. The Morgan fingerprint density at radius 2 is 2.35 bits per heavy atom. The number of aliphatic imine (C=N–C) groups is 1. The molecule has 0 saturated heterocycles. The fourth-order valence-electron chi connectivity index (χ4n) is 2.05. The quantitative estimate of drug-likeness (QED) is 0.781. The Balaban J connectivity index is 2.33. The smallest absolute Gasteiger partial charge is 0.142 e. The SMILES string of the molecule is CCCC/N=C1/c2cncc(Br)c2CCC1F. The first-order chi connectivity index (χ1) is 8.24. The molecular weight excluding hydrogens is 283 g/mol. The van der Waals surface area contributed by atoms with E-state index in [1.807, 2.05) is 0 Å². The molecule has 0 fully saturated rings. The maximum absolute atomic E-state index is 13.9. The number of unbranched alkanes of at least 4 members (excludes halogenated alkanes) is 1. The summed E-state index contributed by atoms with van der Waals surface area (Å²) < 4.78 is 14.9. The summed E-state index contributed by atoms with van der Waals surface area (Å²) >= 11 is 3.47. The molecular formula is C13H16BrFN2. The molecule has 0 spiro atoms. The van der Waals surface area contributed by atoms with Gasteiger partial charge in [0.25, 0.3) is 0 Å². The Labute approximate surface area is 109 Å². The second kappa shape index (κ2) is 5.71. The summed E-state index contributed by atoms with van der Waals surface area (Å²) in [5.41, 5.74) is 2.62. The lowest BCUT2D eigenvalue weighted by molar-refractivity contribution is 0.395. The average molecular weight is 299 g/mol. The van der Waals surface area contributed by atoms with Gasteiger partial charge in [0.2, 0.25) is 0 Å². The van der Waals surface area contributed by atoms with E-state index in [4.69, 9.17) is 0 Å². The molecule has 0 aliphatic heterocycles. The zero-order valence-electron chi connectivity index (χ0n) is 9.92. The third-order valence-corrected chi connectivity index (χ3v) is 3.70. The van der Waals surface area contributed by atoms with Crippen LogP contribution in [-0.4, -0.2) is 23.4 Å². The van der Waals surface area contributed by atoms with Crippen LogP contribution in [0.1, 0.15) is 37.3 Å². The highest BCUT2D eigenvalue weighted by Crippen LogP contribution is 2.29. The van der Waals surface area contributed by atoms with Crippen LogP contribution in [0.4, 0.5) is 4.39 Å². The lowest BCUT2D eigenvalue weighted by Gasteiger charge is -2.22. The van der Waals surface area contributed by atoms with Gasteiger partial charge in [0, 0.05) is 29.0 Å². The predicted molar refractivity (Wildman–Crippen MR) is 71.5 cm³/mol. The molecule has 0 amide bonds. The molecule has 1 atom stereocenters. The molecule has 1 unspecified atom stereocenters. The highest BCUT2D eigenvalue weighted by Gasteiger charge is 2.26. The third-order valence-electron chi connectivity index (χ3n) is 3.02. The number of fused-ring (bicyclic) bond motifs is 1. The maximum atomic E-state index is 13.9. The van der Waals surface area contributed by atoms with Crippen molar-refractivity contribution in [3.63, 3.8) is 0 Å². The van der Waals surface area contributed by atoms with E-state index in [0.29, 0.717) is 18.7 Å². The molecule has 1 aliphatic carbocycles. The lowest BCUT2D eigenvalue weighted by Crippen LogP contribution is -2.25. The number of hydrogen-bond acceptors (Lipinski definition) is 2. The molecule has 0 N–H and O–H groups in total. The van der Waals surface area contributed by atoms with Crippen molar-refractivity contribution in [2.45, 2.75) is 38.8 Å². The summed E-state index contributed by atoms with van der Waals surface area (Å²) in [7, 11) is 0. The predicted octanol–water partition coefficient (Wildman–Crippen LogP) is 3.72. The van der Waals surface area contributed by atoms with E-state index in [2.05, 4.69) is 32.8 Å². The minimum absolute atomic E-state index is 0.528. The minimum atomic E-state index is -0.935. The van der Waals surface area contributed by atoms with Gasteiger partial charge in [-0.25, -0.2) is 4.39 Å². The first-order valence-corrected chi connectivity index (χ1v) is 6.84. The van der Waals surface area contributed by atoms with Gasteiger partial charge in [-0.3, -0.25) is 9.98 Å². The van der Waals surface area contributed by atoms with Crippen LogP contribution in [0.25, 0.3) is 0 Å². The number of pyridine rings is 1. The molecule has 0 aromatic carbocycles. The number of alkyl halides is 1. The maximum Gasteiger partial charge on any atom is 0.142 e. The number of hydrogen-bond donors (Lipinski definition) is 0. The standard InChI is InChI=1S/C13H16BrFN2/c1-2-3-6-17-13-10-7-16-8-11(14)9(10)4-5-12(13)15/h7-8,12H,2-6H2,1H3/b17-13-. The third kappa shape index (κ3) is 2.73. The van der Waals surface area contributed by atoms with Crippen LogP contribution in [-0.2, 0) is 6.42 Å². The fraction of sp³-hybridized carbons (Fsp3) is 0.538. The zero-order chi connectivity index (χ0) is 12.3. The summed E-state index contributed by atoms with van der Waals surface area (Å²) in [5, 5.41) is 0. The van der Waals surface area contributed by atoms with Gasteiger partial charge in [-0.2, -0.15) is 0 Å². The normalized spacial score (nSPS) is 21.6. The number of rotatable bonds is 3. The molecule has 0 bridgehead atoms. The average Bonchev–Trinajstić information content (AvgIpc) is 2.32. The minimum Gasteiger partial charge on any atom is -0.286 e. The molecule has 1 aliphatic rings. The number of halogens is 2. The van der Waals surface area contributed by atoms with Gasteiger partial charge in [0.1, 0.15) is 6.17 Å². The van der Waals surface area contributed by atoms with Crippen molar-refractivity contribution in [2.24, 2.45) is 4.99 Å². The second-order valence-corrected chi connectivity index (χ2v) is 5.13. The molecule has 1 heterocycles. The van der Waals surface area contributed by atoms with Crippen molar-refractivity contribution in [1.82, 2.24) is 4.98 Å². The van der Waals surface area contributed by atoms with Crippen molar-refractivity contribution in [2.75, 3.05) is 6.54 Å². The number of nitrogens with zero attached hydrogens (tertiary/aromatic N) is 2. The van der Waals surface area contributed by atoms with Crippen LogP contribution in [0.2, 0.25) is 0 Å². The van der Waals surface area contributed by atoms with Gasteiger partial charge in [-0.15, -0.1) is 0 Å². The van der Waals surface area contributed by atoms with E-state index in [1.54, 1.807) is 12.4 Å². The van der Waals surface area contributed by atoms with Crippen molar-refractivity contribution in [1.29, 1.82) is 0 Å². The molecule has 1 aromatic heterocycles. The summed E-state index contributed by atoms with van der Waals surface area (Å²) in [4.78, 5) is 8.53. The van der Waals surface area contributed by atoms with Gasteiger partial charge in [-0.1, -0.05) is 13.3 Å². The highest BCUT2D eigenvalue weighted by atomic mass is 79.9. The monoisotopic (exact) mass is 298 g/mol. The summed E-state index contributed by atoms with van der Waals surface area (Å²) in [6, 6.07) is 0. The Bertz CT molecular complexity index is 431. The Kier molecular flexibility index (Phi) is 4.26. The Hall–Kier alpha value is -0.770. The Morgan fingerprint density at radius 3 is 3.12 bits per heavy atom. The van der Waals surface area contributed by atoms with E-state index < -0.39 is 6.17 Å². The van der Waals surface area contributed by atoms with Crippen molar-refractivity contribution >= 4 is 21.6 Å². The zero-order valence-corrected chi connectivity index (χ0v) is 11.5. The van der Waals surface area contributed by atoms with Crippen LogP contribution in [0.15, 0.2) is 21.9 Å². The van der Waals surface area contributed by atoms with E-state index >= 15 is 0 Å². The molecule has 92 valence electrons. The molecule has 1 aromatic rings. The van der Waals surface area contributed by atoms with Gasteiger partial charge in [0.05, 0.1) is 5.71 Å². The van der Waals surface area contributed by atoms with Crippen LogP contribution in [0.3, 0.4) is 0 Å². The van der Waals surface area contributed by atoms with Gasteiger partial charge in [-0.05, 0) is 40.8 Å². The van der Waals surface area contributed by atoms with Gasteiger partial charge < -0.3 is 0 Å². The largest absolute Gasteiger partial charge is 0.286 e. The summed E-state index contributed by atoms with van der Waals surface area (Å²) in [6.45, 7) is 2.82. The van der Waals surface area contributed by atoms with Crippen molar-refractivity contribution in [3.05, 3.63) is 28.0 Å². The lowest BCUT2D eigenvalue weighted by atomic mass is 9.90. The van der Waals surface area contributed by atoms with Crippen LogP contribution in [0, 0.1) is 0 Å². The number of aromatic nitrogens is 1. The highest BCUT2D eigenvalue weighted by molar-refractivity contribution is 9.10. The molecule has 2 nitrogen and oxygen atoms in total. The van der Waals surface area contributed by atoms with Crippen LogP contribution < -0.4 is 0 Å². The molecule has 2 rings (SSSR count). The van der Waals surface area contributed by atoms with Crippen LogP contribution >= 0.6 is 15.9 Å². The fourth-order valence-corrected chi connectivity index (χ4v) is 2.58. The van der Waals surface area contributed by atoms with Gasteiger partial charge in [0.15, 0.2) is 0 Å². The van der Waals surface area contributed by atoms with Crippen molar-refractivity contribution in [3.8, 4) is 0 Å². The van der Waals surface area contributed by atoms with Crippen LogP contribution in [0.5, 0.6) is 0 Å². The Morgan fingerprint density at radius 1 is 1.53 bits per heavy atom. The second-order valence-electron chi connectivity index (χ2n) is 4.27. The van der Waals surface area contributed by atoms with Gasteiger partial charge >= 0.3 is 0 Å². The molecule has 0 saturated carbocycles. The van der Waals surface area contributed by atoms with E-state index in [0.717, 1.165) is 34.9 Å². The first kappa shape index (κ1) is 12.7.